The third kappa shape index (κ3) is 3.60. The van der Waals surface area contributed by atoms with Gasteiger partial charge < -0.3 is 5.32 Å². The number of nitrogens with one attached hydrogen (secondary N) is 1. The molecule has 1 N–H and O–H groups in total. The molecule has 0 bridgehead atoms. The van der Waals surface area contributed by atoms with Crippen LogP contribution in [-0.2, 0) is 4.79 Å². The molecule has 1 amide bonds. The summed E-state index contributed by atoms with van der Waals surface area (Å²) < 4.78 is 0. The minimum atomic E-state index is -0.0450. The molecular formula is C12H17NO. The third-order valence-corrected chi connectivity index (χ3v) is 2.04. The lowest BCUT2D eigenvalue weighted by Crippen LogP contribution is -2.25. The first kappa shape index (κ1) is 10.8. The average Bonchev–Trinajstić information content (AvgIpc) is 2.88. The van der Waals surface area contributed by atoms with Crippen molar-refractivity contribution in [2.24, 2.45) is 0 Å². The summed E-state index contributed by atoms with van der Waals surface area (Å²) >= 11 is 0. The second kappa shape index (κ2) is 4.80. The summed E-state index contributed by atoms with van der Waals surface area (Å²) in [5.74, 6) is -0.0450. The molecule has 0 spiro atoms. The molecule has 0 unspecified atom stereocenters. The Morgan fingerprint density at radius 3 is 2.64 bits per heavy atom. The summed E-state index contributed by atoms with van der Waals surface area (Å²) in [7, 11) is 0. The van der Waals surface area contributed by atoms with Gasteiger partial charge in [-0.2, -0.15) is 0 Å². The molecule has 0 radical (unpaired) electrons. The van der Waals surface area contributed by atoms with E-state index in [-0.39, 0.29) is 5.91 Å². The predicted molar refractivity (Wildman–Crippen MR) is 58.9 cm³/mol. The SMILES string of the molecule is C=C(/C=C(C)\C=C/C)C(=O)NC1CC1. The third-order valence-electron chi connectivity index (χ3n) is 2.04. The summed E-state index contributed by atoms with van der Waals surface area (Å²) in [6.45, 7) is 7.64. The molecule has 0 aromatic heterocycles. The molecule has 1 saturated carbocycles. The summed E-state index contributed by atoms with van der Waals surface area (Å²) in [6.07, 6.45) is 7.92. The zero-order chi connectivity index (χ0) is 10.6. The lowest BCUT2D eigenvalue weighted by Gasteiger charge is -2.02. The van der Waals surface area contributed by atoms with Crippen LogP contribution in [0.1, 0.15) is 26.7 Å². The molecule has 14 heavy (non-hydrogen) atoms. The molecule has 1 rings (SSSR count). The van der Waals surface area contributed by atoms with Gasteiger partial charge in [-0.15, -0.1) is 0 Å². The van der Waals surface area contributed by atoms with E-state index in [1.54, 1.807) is 6.08 Å². The molecule has 0 aliphatic heterocycles. The van der Waals surface area contributed by atoms with Crippen molar-refractivity contribution in [3.8, 4) is 0 Å². The van der Waals surface area contributed by atoms with Crippen LogP contribution < -0.4 is 5.32 Å². The Bertz CT molecular complexity index is 295. The van der Waals surface area contributed by atoms with Crippen LogP contribution in [0.4, 0.5) is 0 Å². The number of carbonyl (C=O) groups is 1. The summed E-state index contributed by atoms with van der Waals surface area (Å²) in [4.78, 5) is 11.5. The Balaban J connectivity index is 2.46. The first-order valence-electron chi connectivity index (χ1n) is 4.94. The van der Waals surface area contributed by atoms with Crippen molar-refractivity contribution in [3.05, 3.63) is 36.0 Å². The Kier molecular flexibility index (Phi) is 3.69. The van der Waals surface area contributed by atoms with Gasteiger partial charge in [-0.05, 0) is 32.8 Å². The highest BCUT2D eigenvalue weighted by atomic mass is 16.1. The van der Waals surface area contributed by atoms with Crippen LogP contribution in [0, 0.1) is 0 Å². The van der Waals surface area contributed by atoms with Gasteiger partial charge in [-0.3, -0.25) is 4.79 Å². The highest BCUT2D eigenvalue weighted by Gasteiger charge is 2.23. The minimum absolute atomic E-state index is 0.0450. The van der Waals surface area contributed by atoms with Gasteiger partial charge >= 0.3 is 0 Å². The number of hydrogen-bond donors (Lipinski definition) is 1. The van der Waals surface area contributed by atoms with E-state index in [0.29, 0.717) is 11.6 Å². The second-order valence-electron chi connectivity index (χ2n) is 3.66. The summed E-state index contributed by atoms with van der Waals surface area (Å²) in [5, 5.41) is 2.89. The van der Waals surface area contributed by atoms with Crippen LogP contribution in [0.5, 0.6) is 0 Å². The van der Waals surface area contributed by atoms with Gasteiger partial charge in [0.25, 0.3) is 5.91 Å². The highest BCUT2D eigenvalue weighted by Crippen LogP contribution is 2.19. The van der Waals surface area contributed by atoms with Crippen LogP contribution in [0.3, 0.4) is 0 Å². The lowest BCUT2D eigenvalue weighted by molar-refractivity contribution is -0.117. The van der Waals surface area contributed by atoms with Crippen molar-refractivity contribution in [2.45, 2.75) is 32.7 Å². The Morgan fingerprint density at radius 2 is 2.14 bits per heavy atom. The number of amides is 1. The van der Waals surface area contributed by atoms with Crippen molar-refractivity contribution in [1.82, 2.24) is 5.32 Å². The fourth-order valence-electron chi connectivity index (χ4n) is 1.16. The van der Waals surface area contributed by atoms with Crippen LogP contribution in [0.2, 0.25) is 0 Å². The van der Waals surface area contributed by atoms with Crippen LogP contribution in [0.25, 0.3) is 0 Å². The maximum absolute atomic E-state index is 11.5. The Hall–Kier alpha value is -1.31. The van der Waals surface area contributed by atoms with Gasteiger partial charge in [0.2, 0.25) is 0 Å². The number of allylic oxidation sites excluding steroid dienone is 3. The van der Waals surface area contributed by atoms with Crippen molar-refractivity contribution in [1.29, 1.82) is 0 Å². The van der Waals surface area contributed by atoms with E-state index in [9.17, 15) is 4.79 Å². The zero-order valence-electron chi connectivity index (χ0n) is 8.84. The first-order chi connectivity index (χ1) is 6.63. The van der Waals surface area contributed by atoms with Crippen LogP contribution in [0.15, 0.2) is 36.0 Å². The molecule has 1 aliphatic carbocycles. The summed E-state index contributed by atoms with van der Waals surface area (Å²) in [6, 6.07) is 0.398. The molecule has 1 fully saturated rings. The number of rotatable bonds is 4. The van der Waals surface area contributed by atoms with E-state index in [1.165, 1.54) is 0 Å². The van der Waals surface area contributed by atoms with Gasteiger partial charge in [0.05, 0.1) is 0 Å². The number of hydrogen-bond acceptors (Lipinski definition) is 1. The van der Waals surface area contributed by atoms with Crippen molar-refractivity contribution in [3.63, 3.8) is 0 Å². The standard InChI is InChI=1S/C12H17NO/c1-4-5-9(2)8-10(3)12(14)13-11-6-7-11/h4-5,8,11H,3,6-7H2,1-2H3,(H,13,14)/b5-4-,9-8-. The zero-order valence-corrected chi connectivity index (χ0v) is 8.84. The van der Waals surface area contributed by atoms with E-state index in [4.69, 9.17) is 0 Å². The monoisotopic (exact) mass is 191 g/mol. The van der Waals surface area contributed by atoms with Crippen LogP contribution >= 0.6 is 0 Å². The molecule has 1 aliphatic rings. The molecule has 0 heterocycles. The Labute approximate surface area is 85.4 Å². The van der Waals surface area contributed by atoms with E-state index in [1.807, 2.05) is 26.0 Å². The topological polar surface area (TPSA) is 29.1 Å². The van der Waals surface area contributed by atoms with E-state index in [0.717, 1.165) is 18.4 Å². The van der Waals surface area contributed by atoms with Crippen LogP contribution in [-0.4, -0.2) is 11.9 Å². The van der Waals surface area contributed by atoms with Crippen molar-refractivity contribution < 1.29 is 4.79 Å². The fourth-order valence-corrected chi connectivity index (χ4v) is 1.16. The molecule has 0 aromatic rings. The van der Waals surface area contributed by atoms with Gasteiger partial charge in [0.1, 0.15) is 0 Å². The first-order valence-corrected chi connectivity index (χ1v) is 4.94. The molecule has 2 nitrogen and oxygen atoms in total. The van der Waals surface area contributed by atoms with Gasteiger partial charge in [-0.25, -0.2) is 0 Å². The van der Waals surface area contributed by atoms with Gasteiger partial charge in [0.15, 0.2) is 0 Å². The smallest absolute Gasteiger partial charge is 0.250 e. The van der Waals surface area contributed by atoms with Gasteiger partial charge in [-0.1, -0.05) is 24.3 Å². The summed E-state index contributed by atoms with van der Waals surface area (Å²) in [5.41, 5.74) is 1.58. The van der Waals surface area contributed by atoms with Gasteiger partial charge in [0, 0.05) is 11.6 Å². The maximum Gasteiger partial charge on any atom is 0.250 e. The predicted octanol–water partition coefficient (Wildman–Crippen LogP) is 2.34. The van der Waals surface area contributed by atoms with E-state index >= 15 is 0 Å². The van der Waals surface area contributed by atoms with E-state index in [2.05, 4.69) is 11.9 Å². The normalized spacial score (nSPS) is 17.1. The minimum Gasteiger partial charge on any atom is -0.349 e. The maximum atomic E-state index is 11.5. The molecule has 76 valence electrons. The molecule has 0 saturated heterocycles. The van der Waals surface area contributed by atoms with E-state index < -0.39 is 0 Å². The lowest BCUT2D eigenvalue weighted by atomic mass is 10.1. The molecular weight excluding hydrogens is 174 g/mol. The highest BCUT2D eigenvalue weighted by molar-refractivity contribution is 5.96. The number of carbonyl (C=O) groups excluding carboxylic acids is 1. The fraction of sp³-hybridized carbons (Fsp3) is 0.417. The average molecular weight is 191 g/mol. The largest absolute Gasteiger partial charge is 0.349 e. The quantitative estimate of drug-likeness (QED) is 0.536. The van der Waals surface area contributed by atoms with Crippen molar-refractivity contribution >= 4 is 5.91 Å². The molecule has 0 atom stereocenters. The second-order valence-corrected chi connectivity index (χ2v) is 3.66. The Morgan fingerprint density at radius 1 is 1.50 bits per heavy atom. The van der Waals surface area contributed by atoms with Crippen molar-refractivity contribution in [2.75, 3.05) is 0 Å². The molecule has 2 heteroatoms. The molecule has 0 aromatic carbocycles.